The van der Waals surface area contributed by atoms with Gasteiger partial charge in [-0.2, -0.15) is 0 Å². The standard InChI is InChI=1S/C26H32FN3O2S/c1-2-28-15-17-30(18-16-28)26(32)19-20-11-13-29(14-12-20)25(31)10-8-21-7-9-24(33-21)22-5-3-4-6-23(22)27/h3-10,20H,2,11-19H2,1H3/b10-8+. The molecule has 0 bridgehead atoms. The second-order valence-corrected chi connectivity index (χ2v) is 9.92. The molecule has 1 aromatic carbocycles. The molecule has 0 radical (unpaired) electrons. The number of nitrogens with zero attached hydrogens (tertiary/aromatic N) is 3. The van der Waals surface area contributed by atoms with Gasteiger partial charge in [0.2, 0.25) is 11.8 Å². The number of benzene rings is 1. The van der Waals surface area contributed by atoms with Crippen LogP contribution in [0.25, 0.3) is 16.5 Å². The van der Waals surface area contributed by atoms with Crippen molar-refractivity contribution in [1.82, 2.24) is 14.7 Å². The molecular weight excluding hydrogens is 437 g/mol. The number of piperidine rings is 1. The van der Waals surface area contributed by atoms with Gasteiger partial charge in [-0.05, 0) is 49.6 Å². The highest BCUT2D eigenvalue weighted by Gasteiger charge is 2.26. The Labute approximate surface area is 199 Å². The molecule has 0 atom stereocenters. The molecule has 2 aliphatic heterocycles. The molecule has 33 heavy (non-hydrogen) atoms. The number of piperazine rings is 1. The number of amides is 2. The fraction of sp³-hybridized carbons (Fsp3) is 0.462. The molecule has 3 heterocycles. The number of halogens is 1. The van der Waals surface area contributed by atoms with E-state index in [4.69, 9.17) is 0 Å². The maximum Gasteiger partial charge on any atom is 0.246 e. The second-order valence-electron chi connectivity index (χ2n) is 8.80. The maximum atomic E-state index is 14.0. The molecule has 2 fully saturated rings. The van der Waals surface area contributed by atoms with Crippen LogP contribution >= 0.6 is 11.3 Å². The summed E-state index contributed by atoms with van der Waals surface area (Å²) in [4.78, 5) is 33.3. The van der Waals surface area contributed by atoms with E-state index in [9.17, 15) is 14.0 Å². The van der Waals surface area contributed by atoms with Gasteiger partial charge in [0.25, 0.3) is 0 Å². The van der Waals surface area contributed by atoms with E-state index in [0.29, 0.717) is 31.0 Å². The van der Waals surface area contributed by atoms with Crippen molar-refractivity contribution in [3.8, 4) is 10.4 Å². The number of hydrogen-bond donors (Lipinski definition) is 0. The summed E-state index contributed by atoms with van der Waals surface area (Å²) < 4.78 is 14.0. The van der Waals surface area contributed by atoms with Gasteiger partial charge < -0.3 is 14.7 Å². The summed E-state index contributed by atoms with van der Waals surface area (Å²) >= 11 is 1.47. The Morgan fingerprint density at radius 2 is 1.73 bits per heavy atom. The lowest BCUT2D eigenvalue weighted by Gasteiger charge is -2.36. The van der Waals surface area contributed by atoms with E-state index in [-0.39, 0.29) is 17.6 Å². The predicted octanol–water partition coefficient (Wildman–Crippen LogP) is 4.36. The Hall–Kier alpha value is -2.51. The zero-order chi connectivity index (χ0) is 23.2. The van der Waals surface area contributed by atoms with Gasteiger partial charge in [0.15, 0.2) is 0 Å². The minimum Gasteiger partial charge on any atom is -0.340 e. The monoisotopic (exact) mass is 469 g/mol. The molecule has 2 aliphatic rings. The van der Waals surface area contributed by atoms with Gasteiger partial charge in [-0.1, -0.05) is 25.1 Å². The zero-order valence-electron chi connectivity index (χ0n) is 19.2. The van der Waals surface area contributed by atoms with Crippen molar-refractivity contribution in [2.75, 3.05) is 45.8 Å². The topological polar surface area (TPSA) is 43.9 Å². The number of hydrogen-bond acceptors (Lipinski definition) is 4. The van der Waals surface area contributed by atoms with E-state index < -0.39 is 0 Å². The van der Waals surface area contributed by atoms with Crippen LogP contribution in [0.5, 0.6) is 0 Å². The first-order chi connectivity index (χ1) is 16.0. The number of likely N-dealkylation sites (tertiary alicyclic amines) is 1. The average molecular weight is 470 g/mol. The van der Waals surface area contributed by atoms with Crippen LogP contribution in [-0.4, -0.2) is 72.3 Å². The molecule has 2 saturated heterocycles. The van der Waals surface area contributed by atoms with E-state index in [2.05, 4.69) is 11.8 Å². The Morgan fingerprint density at radius 3 is 2.42 bits per heavy atom. The summed E-state index contributed by atoms with van der Waals surface area (Å²) in [5, 5.41) is 0. The third-order valence-electron chi connectivity index (χ3n) is 6.72. The van der Waals surface area contributed by atoms with Crippen LogP contribution in [0.15, 0.2) is 42.5 Å². The molecule has 0 unspecified atom stereocenters. The van der Waals surface area contributed by atoms with Gasteiger partial charge in [0.1, 0.15) is 5.82 Å². The summed E-state index contributed by atoms with van der Waals surface area (Å²) in [6.07, 6.45) is 5.75. The van der Waals surface area contributed by atoms with Crippen molar-refractivity contribution in [3.05, 3.63) is 53.2 Å². The molecule has 7 heteroatoms. The smallest absolute Gasteiger partial charge is 0.246 e. The van der Waals surface area contributed by atoms with Crippen LogP contribution in [0.3, 0.4) is 0 Å². The van der Waals surface area contributed by atoms with Crippen molar-refractivity contribution in [3.63, 3.8) is 0 Å². The fourth-order valence-corrected chi connectivity index (χ4v) is 5.49. The minimum absolute atomic E-state index is 0.00342. The van der Waals surface area contributed by atoms with Crippen LogP contribution in [0.2, 0.25) is 0 Å². The van der Waals surface area contributed by atoms with E-state index in [1.165, 1.54) is 17.4 Å². The first-order valence-corrected chi connectivity index (χ1v) is 12.7. The van der Waals surface area contributed by atoms with Gasteiger partial charge in [-0.15, -0.1) is 11.3 Å². The third-order valence-corrected chi connectivity index (χ3v) is 7.80. The minimum atomic E-state index is -0.240. The molecule has 0 N–H and O–H groups in total. The molecule has 5 nitrogen and oxygen atoms in total. The van der Waals surface area contributed by atoms with Crippen LogP contribution in [0, 0.1) is 11.7 Å². The average Bonchev–Trinajstić information content (AvgIpc) is 3.32. The van der Waals surface area contributed by atoms with Crippen molar-refractivity contribution in [2.45, 2.75) is 26.2 Å². The summed E-state index contributed by atoms with van der Waals surface area (Å²) in [6.45, 7) is 8.17. The van der Waals surface area contributed by atoms with Gasteiger partial charge in [0.05, 0.1) is 0 Å². The Bertz CT molecular complexity index is 989. The lowest BCUT2D eigenvalue weighted by molar-refractivity contribution is -0.134. The van der Waals surface area contributed by atoms with E-state index in [0.717, 1.165) is 55.3 Å². The number of thiophene rings is 1. The molecule has 0 spiro atoms. The zero-order valence-corrected chi connectivity index (χ0v) is 20.0. The fourth-order valence-electron chi connectivity index (χ4n) is 4.55. The van der Waals surface area contributed by atoms with E-state index in [1.54, 1.807) is 18.2 Å². The van der Waals surface area contributed by atoms with Crippen LogP contribution in [0.4, 0.5) is 4.39 Å². The lowest BCUT2D eigenvalue weighted by Crippen LogP contribution is -2.49. The quantitative estimate of drug-likeness (QED) is 0.591. The number of rotatable bonds is 6. The highest BCUT2D eigenvalue weighted by atomic mass is 32.1. The summed E-state index contributed by atoms with van der Waals surface area (Å²) in [6, 6.07) is 10.5. The lowest BCUT2D eigenvalue weighted by atomic mass is 9.92. The van der Waals surface area contributed by atoms with Crippen LogP contribution < -0.4 is 0 Å². The Kier molecular flexibility index (Phi) is 7.93. The predicted molar refractivity (Wildman–Crippen MR) is 131 cm³/mol. The Morgan fingerprint density at radius 1 is 1.00 bits per heavy atom. The van der Waals surface area contributed by atoms with Crippen LogP contribution in [0.1, 0.15) is 31.1 Å². The van der Waals surface area contributed by atoms with Gasteiger partial charge in [0, 0.05) is 67.1 Å². The molecular formula is C26H32FN3O2S. The van der Waals surface area contributed by atoms with E-state index >= 15 is 0 Å². The van der Waals surface area contributed by atoms with Crippen molar-refractivity contribution in [2.24, 2.45) is 5.92 Å². The van der Waals surface area contributed by atoms with E-state index in [1.807, 2.05) is 34.1 Å². The first kappa shape index (κ1) is 23.6. The van der Waals surface area contributed by atoms with Gasteiger partial charge in [-0.25, -0.2) is 4.39 Å². The molecule has 2 amide bonds. The molecule has 0 saturated carbocycles. The molecule has 4 rings (SSSR count). The van der Waals surface area contributed by atoms with Gasteiger partial charge in [-0.3, -0.25) is 9.59 Å². The van der Waals surface area contributed by atoms with Crippen molar-refractivity contribution < 1.29 is 14.0 Å². The normalized spacial score (nSPS) is 18.2. The number of carbonyl (C=O) groups excluding carboxylic acids is 2. The number of carbonyl (C=O) groups is 2. The molecule has 2 aromatic rings. The largest absolute Gasteiger partial charge is 0.340 e. The van der Waals surface area contributed by atoms with Crippen LogP contribution in [-0.2, 0) is 9.59 Å². The first-order valence-electron chi connectivity index (χ1n) is 11.9. The number of likely N-dealkylation sites (N-methyl/N-ethyl adjacent to an activating group) is 1. The molecule has 0 aliphatic carbocycles. The summed E-state index contributed by atoms with van der Waals surface area (Å²) in [5.41, 5.74) is 0.581. The Balaban J connectivity index is 1.23. The van der Waals surface area contributed by atoms with Crippen molar-refractivity contribution >= 4 is 29.2 Å². The highest BCUT2D eigenvalue weighted by molar-refractivity contribution is 7.16. The maximum absolute atomic E-state index is 14.0. The summed E-state index contributed by atoms with van der Waals surface area (Å²) in [7, 11) is 0. The summed E-state index contributed by atoms with van der Waals surface area (Å²) in [5.74, 6) is 0.376. The SMILES string of the molecule is CCN1CCN(C(=O)CC2CCN(C(=O)/C=C/c3ccc(-c4ccccc4F)s3)CC2)CC1. The highest BCUT2D eigenvalue weighted by Crippen LogP contribution is 2.30. The molecule has 176 valence electrons. The second kappa shape index (κ2) is 11.1. The van der Waals surface area contributed by atoms with Crippen molar-refractivity contribution in [1.29, 1.82) is 0 Å². The third kappa shape index (κ3) is 6.09. The van der Waals surface area contributed by atoms with Gasteiger partial charge >= 0.3 is 0 Å². The molecule has 1 aromatic heterocycles.